The predicted octanol–water partition coefficient (Wildman–Crippen LogP) is 4.28. The standard InChI is InChI=1S/C25H29N5O/c1-16(2)30-24-21(12-26-30)25(31)28-23(27-24)22-15-29(13-17(22)3)14-18-8-10-20(11-9-18)19-6-4-5-7-19/h4,6-12,16-17,22H,5,13-15H2,1-3H3,(H,27,28,31)/t17-,22-/m1/s1. The van der Waals surface area contributed by atoms with Gasteiger partial charge in [0.15, 0.2) is 5.65 Å². The van der Waals surface area contributed by atoms with Crippen molar-refractivity contribution in [3.05, 3.63) is 76.0 Å². The van der Waals surface area contributed by atoms with Crippen LogP contribution >= 0.6 is 0 Å². The molecule has 1 saturated heterocycles. The van der Waals surface area contributed by atoms with E-state index in [2.05, 4.69) is 78.2 Å². The van der Waals surface area contributed by atoms with Crippen molar-refractivity contribution in [1.82, 2.24) is 24.6 Å². The first kappa shape index (κ1) is 19.9. The lowest BCUT2D eigenvalue weighted by Crippen LogP contribution is -2.21. The summed E-state index contributed by atoms with van der Waals surface area (Å²) in [6, 6.07) is 9.05. The Bertz CT molecular complexity index is 1210. The SMILES string of the molecule is CC(C)n1ncc2c(=O)[nH]c([C@@H]3CN(Cc4ccc(C5=CCC=C5)cc4)C[C@H]3C)nc21. The van der Waals surface area contributed by atoms with Gasteiger partial charge in [-0.25, -0.2) is 9.67 Å². The first-order valence-electron chi connectivity index (χ1n) is 11.2. The number of benzene rings is 1. The molecule has 2 atom stereocenters. The molecule has 0 saturated carbocycles. The Morgan fingerprint density at radius 3 is 2.71 bits per heavy atom. The van der Waals surface area contributed by atoms with E-state index in [0.29, 0.717) is 17.0 Å². The Hall–Kier alpha value is -2.99. The molecule has 31 heavy (non-hydrogen) atoms. The average Bonchev–Trinajstić information content (AvgIpc) is 3.48. The number of aromatic nitrogens is 4. The lowest BCUT2D eigenvalue weighted by Gasteiger charge is -2.16. The van der Waals surface area contributed by atoms with Gasteiger partial charge in [0.1, 0.15) is 11.2 Å². The third-order valence-electron chi connectivity index (χ3n) is 6.47. The van der Waals surface area contributed by atoms with Crippen molar-refractivity contribution in [1.29, 1.82) is 0 Å². The van der Waals surface area contributed by atoms with Crippen LogP contribution in [-0.4, -0.2) is 37.7 Å². The van der Waals surface area contributed by atoms with Crippen LogP contribution in [-0.2, 0) is 6.54 Å². The van der Waals surface area contributed by atoms with E-state index in [1.165, 1.54) is 16.7 Å². The van der Waals surface area contributed by atoms with Crippen molar-refractivity contribution >= 4 is 16.6 Å². The zero-order chi connectivity index (χ0) is 21.5. The van der Waals surface area contributed by atoms with Crippen LogP contribution in [0, 0.1) is 5.92 Å². The topological polar surface area (TPSA) is 66.8 Å². The van der Waals surface area contributed by atoms with Crippen LogP contribution < -0.4 is 5.56 Å². The summed E-state index contributed by atoms with van der Waals surface area (Å²) in [5.74, 6) is 1.41. The van der Waals surface area contributed by atoms with Gasteiger partial charge in [0.05, 0.1) is 6.20 Å². The summed E-state index contributed by atoms with van der Waals surface area (Å²) in [6.45, 7) is 9.15. The highest BCUT2D eigenvalue weighted by Gasteiger charge is 2.33. The summed E-state index contributed by atoms with van der Waals surface area (Å²) in [4.78, 5) is 23.0. The third-order valence-corrected chi connectivity index (χ3v) is 6.47. The molecule has 2 aromatic heterocycles. The van der Waals surface area contributed by atoms with Gasteiger partial charge in [0.25, 0.3) is 5.56 Å². The van der Waals surface area contributed by atoms with Gasteiger partial charge in [-0.1, -0.05) is 49.4 Å². The Labute approximate surface area is 182 Å². The fourth-order valence-corrected chi connectivity index (χ4v) is 4.79. The van der Waals surface area contributed by atoms with Crippen molar-refractivity contribution in [2.75, 3.05) is 13.1 Å². The molecule has 0 amide bonds. The lowest BCUT2D eigenvalue weighted by atomic mass is 9.97. The Kier molecular flexibility index (Phi) is 5.10. The molecule has 160 valence electrons. The summed E-state index contributed by atoms with van der Waals surface area (Å²) in [7, 11) is 0. The molecule has 1 N–H and O–H groups in total. The number of fused-ring (bicyclic) bond motifs is 1. The van der Waals surface area contributed by atoms with Gasteiger partial charge in [-0.2, -0.15) is 5.10 Å². The zero-order valence-electron chi connectivity index (χ0n) is 18.4. The number of nitrogens with one attached hydrogen (secondary N) is 1. The summed E-state index contributed by atoms with van der Waals surface area (Å²) >= 11 is 0. The van der Waals surface area contributed by atoms with Crippen LogP contribution in [0.5, 0.6) is 0 Å². The Morgan fingerprint density at radius 1 is 1.19 bits per heavy atom. The molecule has 1 fully saturated rings. The van der Waals surface area contributed by atoms with Gasteiger partial charge in [0.2, 0.25) is 0 Å². The molecule has 0 spiro atoms. The van der Waals surface area contributed by atoms with E-state index in [-0.39, 0.29) is 17.5 Å². The Morgan fingerprint density at radius 2 is 2.00 bits per heavy atom. The summed E-state index contributed by atoms with van der Waals surface area (Å²) < 4.78 is 1.84. The molecule has 3 heterocycles. The van der Waals surface area contributed by atoms with Crippen molar-refractivity contribution in [3.8, 4) is 0 Å². The summed E-state index contributed by atoms with van der Waals surface area (Å²) in [5, 5.41) is 4.93. The molecule has 1 aromatic carbocycles. The van der Waals surface area contributed by atoms with Crippen LogP contribution in [0.3, 0.4) is 0 Å². The minimum Gasteiger partial charge on any atom is -0.310 e. The summed E-state index contributed by atoms with van der Waals surface area (Å²) in [6.07, 6.45) is 9.30. The highest BCUT2D eigenvalue weighted by Crippen LogP contribution is 2.32. The fraction of sp³-hybridized carbons (Fsp3) is 0.400. The number of rotatable bonds is 5. The highest BCUT2D eigenvalue weighted by atomic mass is 16.1. The summed E-state index contributed by atoms with van der Waals surface area (Å²) in [5.41, 5.74) is 4.50. The minimum atomic E-state index is -0.0941. The fourth-order valence-electron chi connectivity index (χ4n) is 4.79. The smallest absolute Gasteiger partial charge is 0.262 e. The van der Waals surface area contributed by atoms with Gasteiger partial charge in [-0.15, -0.1) is 0 Å². The highest BCUT2D eigenvalue weighted by molar-refractivity contribution is 5.76. The number of H-pyrrole nitrogens is 1. The number of nitrogens with zero attached hydrogens (tertiary/aromatic N) is 4. The molecule has 1 aliphatic carbocycles. The second kappa shape index (κ2) is 7.93. The van der Waals surface area contributed by atoms with Crippen LogP contribution in [0.1, 0.15) is 56.1 Å². The molecule has 1 aliphatic heterocycles. The maximum Gasteiger partial charge on any atom is 0.262 e. The molecule has 5 rings (SSSR count). The van der Waals surface area contributed by atoms with E-state index in [1.54, 1.807) is 6.20 Å². The van der Waals surface area contributed by atoms with Crippen LogP contribution in [0.15, 0.2) is 53.5 Å². The lowest BCUT2D eigenvalue weighted by molar-refractivity contribution is 0.318. The molecule has 3 aromatic rings. The molecule has 6 heteroatoms. The number of hydrogen-bond acceptors (Lipinski definition) is 4. The minimum absolute atomic E-state index is 0.0941. The molecule has 0 radical (unpaired) electrons. The first-order chi connectivity index (χ1) is 15.0. The predicted molar refractivity (Wildman–Crippen MR) is 124 cm³/mol. The third kappa shape index (κ3) is 3.76. The van der Waals surface area contributed by atoms with Gasteiger partial charge in [-0.3, -0.25) is 9.69 Å². The van der Waals surface area contributed by atoms with Crippen LogP contribution in [0.4, 0.5) is 0 Å². The monoisotopic (exact) mass is 415 g/mol. The van der Waals surface area contributed by atoms with Gasteiger partial charge >= 0.3 is 0 Å². The van der Waals surface area contributed by atoms with E-state index in [0.717, 1.165) is 31.9 Å². The van der Waals surface area contributed by atoms with Gasteiger partial charge in [-0.05, 0) is 42.9 Å². The number of hydrogen-bond donors (Lipinski definition) is 1. The van der Waals surface area contributed by atoms with Gasteiger partial charge < -0.3 is 4.98 Å². The molecule has 0 unspecified atom stereocenters. The first-order valence-corrected chi connectivity index (χ1v) is 11.2. The number of likely N-dealkylation sites (tertiary alicyclic amines) is 1. The second-order valence-corrected chi connectivity index (χ2v) is 9.14. The maximum atomic E-state index is 12.6. The molecule has 0 bridgehead atoms. The van der Waals surface area contributed by atoms with Crippen molar-refractivity contribution in [2.45, 2.75) is 45.7 Å². The van der Waals surface area contributed by atoms with Crippen LogP contribution in [0.25, 0.3) is 16.6 Å². The largest absolute Gasteiger partial charge is 0.310 e. The van der Waals surface area contributed by atoms with Crippen molar-refractivity contribution < 1.29 is 0 Å². The maximum absolute atomic E-state index is 12.6. The van der Waals surface area contributed by atoms with Crippen molar-refractivity contribution in [3.63, 3.8) is 0 Å². The van der Waals surface area contributed by atoms with E-state index in [1.807, 2.05) is 4.68 Å². The molecule has 2 aliphatic rings. The number of aromatic amines is 1. The van der Waals surface area contributed by atoms with Gasteiger partial charge in [0, 0.05) is 31.6 Å². The second-order valence-electron chi connectivity index (χ2n) is 9.14. The van der Waals surface area contributed by atoms with E-state index in [9.17, 15) is 4.79 Å². The van der Waals surface area contributed by atoms with E-state index < -0.39 is 0 Å². The normalized spacial score (nSPS) is 21.5. The molecule has 6 nitrogen and oxygen atoms in total. The number of allylic oxidation sites excluding steroid dienone is 4. The zero-order valence-corrected chi connectivity index (χ0v) is 18.4. The van der Waals surface area contributed by atoms with E-state index >= 15 is 0 Å². The molecular formula is C25H29N5O. The van der Waals surface area contributed by atoms with Crippen molar-refractivity contribution in [2.24, 2.45) is 5.92 Å². The Balaban J connectivity index is 1.34. The van der Waals surface area contributed by atoms with Crippen LogP contribution in [0.2, 0.25) is 0 Å². The quantitative estimate of drug-likeness (QED) is 0.675. The average molecular weight is 416 g/mol. The van der Waals surface area contributed by atoms with E-state index in [4.69, 9.17) is 4.98 Å². The molecular weight excluding hydrogens is 386 g/mol.